The number of hydrogen-bond donors (Lipinski definition) is 1. The van der Waals surface area contributed by atoms with Crippen LogP contribution in [-0.4, -0.2) is 18.9 Å². The maximum absolute atomic E-state index is 11.4. The van der Waals surface area contributed by atoms with Gasteiger partial charge in [-0.2, -0.15) is 0 Å². The van der Waals surface area contributed by atoms with E-state index in [1.165, 1.54) is 0 Å². The van der Waals surface area contributed by atoms with Gasteiger partial charge in [0.2, 0.25) is 0 Å². The molecule has 0 atom stereocenters. The highest BCUT2D eigenvalue weighted by atomic mass is 16.2. The lowest BCUT2D eigenvalue weighted by Crippen LogP contribution is -2.13. The van der Waals surface area contributed by atoms with Gasteiger partial charge in [0.1, 0.15) is 0 Å². The molecule has 2 amide bonds. The van der Waals surface area contributed by atoms with Crippen molar-refractivity contribution in [3.05, 3.63) is 29.3 Å². The zero-order valence-corrected chi connectivity index (χ0v) is 7.44. The fourth-order valence-corrected chi connectivity index (χ4v) is 1.36. The Bertz CT molecular complexity index is 451. The van der Waals surface area contributed by atoms with Crippen molar-refractivity contribution in [3.63, 3.8) is 0 Å². The maximum atomic E-state index is 11.4. The second-order valence-corrected chi connectivity index (χ2v) is 2.79. The number of fused-ring (bicyclic) bond motifs is 1. The van der Waals surface area contributed by atoms with Crippen LogP contribution in [0.3, 0.4) is 0 Å². The molecule has 1 aliphatic rings. The fraction of sp³-hybridized carbons (Fsp3) is 0.111. The van der Waals surface area contributed by atoms with Gasteiger partial charge in [-0.25, -0.2) is 0 Å². The van der Waals surface area contributed by atoms with Crippen molar-refractivity contribution in [2.24, 2.45) is 10.2 Å². The van der Waals surface area contributed by atoms with Crippen LogP contribution in [0.4, 0.5) is 5.69 Å². The van der Waals surface area contributed by atoms with Crippen LogP contribution in [0, 0.1) is 0 Å². The highest BCUT2D eigenvalue weighted by Crippen LogP contribution is 2.24. The molecule has 0 bridgehead atoms. The Labute approximate surface area is 79.8 Å². The number of carbonyl (C=O) groups is 2. The van der Waals surface area contributed by atoms with E-state index in [1.54, 1.807) is 25.2 Å². The van der Waals surface area contributed by atoms with Crippen molar-refractivity contribution < 1.29 is 9.59 Å². The molecule has 0 aliphatic carbocycles. The lowest BCUT2D eigenvalue weighted by molar-refractivity contribution is 0.0921. The first kappa shape index (κ1) is 8.55. The van der Waals surface area contributed by atoms with Crippen LogP contribution in [0.15, 0.2) is 28.4 Å². The molecule has 0 unspecified atom stereocenters. The number of amides is 2. The minimum absolute atomic E-state index is 0.301. The first-order valence-corrected chi connectivity index (χ1v) is 4.05. The van der Waals surface area contributed by atoms with E-state index in [2.05, 4.69) is 15.5 Å². The number of azo groups is 1. The van der Waals surface area contributed by atoms with Gasteiger partial charge in [0, 0.05) is 12.7 Å². The first-order chi connectivity index (χ1) is 6.74. The van der Waals surface area contributed by atoms with E-state index in [0.29, 0.717) is 16.8 Å². The number of rotatable bonds is 1. The zero-order valence-electron chi connectivity index (χ0n) is 7.44. The molecule has 1 aliphatic heterocycles. The number of hydrogen-bond acceptors (Lipinski definition) is 3. The van der Waals surface area contributed by atoms with Crippen LogP contribution >= 0.6 is 0 Å². The average Bonchev–Trinajstić information content (AvgIpc) is 2.23. The quantitative estimate of drug-likeness (QED) is 0.727. The van der Waals surface area contributed by atoms with E-state index in [4.69, 9.17) is 0 Å². The molecule has 0 aromatic heterocycles. The van der Waals surface area contributed by atoms with Gasteiger partial charge < -0.3 is 5.32 Å². The second kappa shape index (κ2) is 3.02. The Kier molecular flexibility index (Phi) is 1.85. The Balaban J connectivity index is 2.71. The number of anilines is 1. The number of benzene rings is 1. The molecule has 1 aromatic carbocycles. The van der Waals surface area contributed by atoms with E-state index in [-0.39, 0.29) is 0 Å². The summed E-state index contributed by atoms with van der Waals surface area (Å²) in [6.07, 6.45) is 0. The molecule has 2 rings (SSSR count). The fourth-order valence-electron chi connectivity index (χ4n) is 1.36. The van der Waals surface area contributed by atoms with Crippen LogP contribution in [-0.2, 0) is 0 Å². The van der Waals surface area contributed by atoms with E-state index < -0.39 is 11.8 Å². The molecular formula is C9H7N3O2. The van der Waals surface area contributed by atoms with Crippen LogP contribution in [0.2, 0.25) is 0 Å². The molecule has 0 fully saturated rings. The third-order valence-corrected chi connectivity index (χ3v) is 2.01. The van der Waals surface area contributed by atoms with E-state index in [9.17, 15) is 9.59 Å². The molecule has 1 aromatic rings. The summed E-state index contributed by atoms with van der Waals surface area (Å²) in [5, 5.41) is 9.33. The van der Waals surface area contributed by atoms with Crippen molar-refractivity contribution in [3.8, 4) is 0 Å². The highest BCUT2D eigenvalue weighted by Gasteiger charge is 2.24. The summed E-state index contributed by atoms with van der Waals surface area (Å²) in [6, 6.07) is 4.97. The first-order valence-electron chi connectivity index (χ1n) is 4.05. The molecule has 1 heterocycles. The van der Waals surface area contributed by atoms with E-state index in [0.717, 1.165) is 0 Å². The van der Waals surface area contributed by atoms with Gasteiger partial charge in [0.05, 0.1) is 11.1 Å². The van der Waals surface area contributed by atoms with Crippen molar-refractivity contribution >= 4 is 17.5 Å². The van der Waals surface area contributed by atoms with Crippen LogP contribution in [0.5, 0.6) is 0 Å². The van der Waals surface area contributed by atoms with E-state index >= 15 is 0 Å². The lowest BCUT2D eigenvalue weighted by atomic mass is 10.0. The van der Waals surface area contributed by atoms with Crippen LogP contribution < -0.4 is 5.32 Å². The normalized spacial score (nSPS) is 14.1. The molecule has 5 nitrogen and oxygen atoms in total. The molecule has 0 saturated heterocycles. The topological polar surface area (TPSA) is 70.9 Å². The molecule has 0 saturated carbocycles. The second-order valence-electron chi connectivity index (χ2n) is 2.79. The van der Waals surface area contributed by atoms with Gasteiger partial charge in [0.15, 0.2) is 0 Å². The minimum atomic E-state index is -0.482. The summed E-state index contributed by atoms with van der Waals surface area (Å²) in [7, 11) is 1.68. The Morgan fingerprint density at radius 3 is 2.57 bits per heavy atom. The Hall–Kier alpha value is -2.04. The SMILES string of the molecule is CNc1cccc2c1C(=O)N=NC2=O. The van der Waals surface area contributed by atoms with Crippen molar-refractivity contribution in [2.75, 3.05) is 12.4 Å². The molecule has 14 heavy (non-hydrogen) atoms. The van der Waals surface area contributed by atoms with Crippen LogP contribution in [0.1, 0.15) is 20.7 Å². The molecular weight excluding hydrogens is 182 g/mol. The third kappa shape index (κ3) is 1.10. The summed E-state index contributed by atoms with van der Waals surface area (Å²) in [5.41, 5.74) is 1.20. The minimum Gasteiger partial charge on any atom is -0.387 e. The van der Waals surface area contributed by atoms with Gasteiger partial charge in [-0.1, -0.05) is 6.07 Å². The summed E-state index contributed by atoms with van der Waals surface area (Å²) in [4.78, 5) is 22.6. The molecule has 1 N–H and O–H groups in total. The molecule has 5 heteroatoms. The monoisotopic (exact) mass is 189 g/mol. The van der Waals surface area contributed by atoms with E-state index in [1.807, 2.05) is 0 Å². The molecule has 0 spiro atoms. The number of nitrogens with zero attached hydrogens (tertiary/aromatic N) is 2. The summed E-state index contributed by atoms with van der Waals surface area (Å²) in [5.74, 6) is -0.957. The average molecular weight is 189 g/mol. The Morgan fingerprint density at radius 2 is 1.86 bits per heavy atom. The van der Waals surface area contributed by atoms with Crippen molar-refractivity contribution in [2.45, 2.75) is 0 Å². The maximum Gasteiger partial charge on any atom is 0.298 e. The van der Waals surface area contributed by atoms with Gasteiger partial charge in [-0.05, 0) is 12.1 Å². The predicted molar refractivity (Wildman–Crippen MR) is 49.5 cm³/mol. The smallest absolute Gasteiger partial charge is 0.298 e. The van der Waals surface area contributed by atoms with Gasteiger partial charge in [0.25, 0.3) is 11.8 Å². The van der Waals surface area contributed by atoms with Crippen LogP contribution in [0.25, 0.3) is 0 Å². The third-order valence-electron chi connectivity index (χ3n) is 2.01. The van der Waals surface area contributed by atoms with Gasteiger partial charge >= 0.3 is 0 Å². The standard InChI is InChI=1S/C9H7N3O2/c1-10-6-4-2-3-5-7(6)9(14)12-11-8(5)13/h2-4,10H,1H3. The Morgan fingerprint density at radius 1 is 1.14 bits per heavy atom. The summed E-state index contributed by atoms with van der Waals surface area (Å²) >= 11 is 0. The molecule has 0 radical (unpaired) electrons. The predicted octanol–water partition coefficient (Wildman–Crippen LogP) is 1.47. The molecule has 70 valence electrons. The highest BCUT2D eigenvalue weighted by molar-refractivity contribution is 6.13. The van der Waals surface area contributed by atoms with Crippen molar-refractivity contribution in [1.29, 1.82) is 0 Å². The number of nitrogens with one attached hydrogen (secondary N) is 1. The largest absolute Gasteiger partial charge is 0.387 e. The summed E-state index contributed by atoms with van der Waals surface area (Å²) in [6.45, 7) is 0. The summed E-state index contributed by atoms with van der Waals surface area (Å²) < 4.78 is 0. The number of carbonyl (C=O) groups excluding carboxylic acids is 2. The van der Waals surface area contributed by atoms with Crippen molar-refractivity contribution in [1.82, 2.24) is 0 Å². The van der Waals surface area contributed by atoms with Gasteiger partial charge in [-0.15, -0.1) is 10.2 Å². The van der Waals surface area contributed by atoms with Gasteiger partial charge in [-0.3, -0.25) is 9.59 Å². The zero-order chi connectivity index (χ0) is 10.1. The lowest BCUT2D eigenvalue weighted by Gasteiger charge is -2.11.